The highest BCUT2D eigenvalue weighted by Gasteiger charge is 2.07. The van der Waals surface area contributed by atoms with Gasteiger partial charge in [0.15, 0.2) is 0 Å². The lowest BCUT2D eigenvalue weighted by Crippen LogP contribution is -2.21. The number of halogens is 2. The first-order valence-corrected chi connectivity index (χ1v) is 5.99. The third-order valence-corrected chi connectivity index (χ3v) is 2.87. The van der Waals surface area contributed by atoms with E-state index in [1.54, 1.807) is 0 Å². The normalized spacial score (nSPS) is 10.9. The number of benzene rings is 1. The summed E-state index contributed by atoms with van der Waals surface area (Å²) in [6.45, 7) is 4.82. The molecule has 0 bridgehead atoms. The highest BCUT2D eigenvalue weighted by molar-refractivity contribution is 9.11. The molecule has 0 saturated heterocycles. The Balaban J connectivity index is 2.85. The van der Waals surface area contributed by atoms with E-state index >= 15 is 0 Å². The van der Waals surface area contributed by atoms with E-state index in [9.17, 15) is 5.11 Å². The molecule has 0 amide bonds. The molecule has 14 heavy (non-hydrogen) atoms. The van der Waals surface area contributed by atoms with Crippen molar-refractivity contribution in [2.24, 2.45) is 0 Å². The molecule has 0 saturated carbocycles. The fraction of sp³-hybridized carbons (Fsp3) is 0.400. The third kappa shape index (κ3) is 3.26. The van der Waals surface area contributed by atoms with E-state index in [0.717, 1.165) is 10.0 Å². The Hall–Kier alpha value is -0.0600. The second-order valence-electron chi connectivity index (χ2n) is 3.43. The monoisotopic (exact) mass is 321 g/mol. The summed E-state index contributed by atoms with van der Waals surface area (Å²) in [5.74, 6) is 0.307. The van der Waals surface area contributed by atoms with E-state index in [1.165, 1.54) is 0 Å². The Bertz CT molecular complexity index is 326. The van der Waals surface area contributed by atoms with Gasteiger partial charge in [-0.25, -0.2) is 0 Å². The van der Waals surface area contributed by atoms with Crippen molar-refractivity contribution in [2.45, 2.75) is 26.4 Å². The molecule has 1 rings (SSSR count). The van der Waals surface area contributed by atoms with Crippen molar-refractivity contribution in [3.63, 3.8) is 0 Å². The molecule has 2 N–H and O–H groups in total. The van der Waals surface area contributed by atoms with Gasteiger partial charge in [-0.3, -0.25) is 0 Å². The molecule has 0 aliphatic rings. The zero-order valence-corrected chi connectivity index (χ0v) is 11.3. The van der Waals surface area contributed by atoms with Crippen LogP contribution in [0.3, 0.4) is 0 Å². The van der Waals surface area contributed by atoms with Gasteiger partial charge in [-0.05, 0) is 28.1 Å². The van der Waals surface area contributed by atoms with E-state index in [4.69, 9.17) is 0 Å². The molecule has 0 atom stereocenters. The van der Waals surface area contributed by atoms with Crippen molar-refractivity contribution in [1.82, 2.24) is 5.32 Å². The predicted octanol–water partition coefficient (Wildman–Crippen LogP) is 3.42. The summed E-state index contributed by atoms with van der Waals surface area (Å²) in [6.07, 6.45) is 0. The zero-order valence-electron chi connectivity index (χ0n) is 8.14. The Morgan fingerprint density at radius 1 is 1.36 bits per heavy atom. The smallest absolute Gasteiger partial charge is 0.134 e. The molecule has 0 spiro atoms. The van der Waals surface area contributed by atoms with Gasteiger partial charge in [-0.15, -0.1) is 0 Å². The van der Waals surface area contributed by atoms with Crippen LogP contribution in [-0.4, -0.2) is 11.1 Å². The van der Waals surface area contributed by atoms with Gasteiger partial charge in [0.05, 0.1) is 4.47 Å². The summed E-state index contributed by atoms with van der Waals surface area (Å²) < 4.78 is 1.68. The molecule has 4 heteroatoms. The van der Waals surface area contributed by atoms with Crippen molar-refractivity contribution in [2.75, 3.05) is 0 Å². The van der Waals surface area contributed by atoms with Crippen LogP contribution in [0.15, 0.2) is 21.1 Å². The number of aromatic hydroxyl groups is 1. The molecular formula is C10H13Br2NO. The lowest BCUT2D eigenvalue weighted by molar-refractivity contribution is 0.458. The van der Waals surface area contributed by atoms with Gasteiger partial charge in [-0.1, -0.05) is 29.8 Å². The molecule has 0 unspecified atom stereocenters. The van der Waals surface area contributed by atoms with Gasteiger partial charge in [-0.2, -0.15) is 0 Å². The van der Waals surface area contributed by atoms with Crippen LogP contribution in [0.4, 0.5) is 0 Å². The Morgan fingerprint density at radius 3 is 2.57 bits per heavy atom. The summed E-state index contributed by atoms with van der Waals surface area (Å²) in [5, 5.41) is 13.0. The zero-order chi connectivity index (χ0) is 10.7. The molecule has 1 aromatic rings. The SMILES string of the molecule is CC(C)NCc1cc(Br)cc(Br)c1O. The Morgan fingerprint density at radius 2 is 2.00 bits per heavy atom. The maximum absolute atomic E-state index is 9.73. The predicted molar refractivity (Wildman–Crippen MR) is 65.5 cm³/mol. The largest absolute Gasteiger partial charge is 0.506 e. The van der Waals surface area contributed by atoms with Crippen molar-refractivity contribution in [3.8, 4) is 5.75 Å². The van der Waals surface area contributed by atoms with Gasteiger partial charge >= 0.3 is 0 Å². The number of nitrogens with one attached hydrogen (secondary N) is 1. The van der Waals surface area contributed by atoms with Crippen LogP contribution in [0.2, 0.25) is 0 Å². The molecule has 0 radical (unpaired) electrons. The fourth-order valence-electron chi connectivity index (χ4n) is 1.07. The van der Waals surface area contributed by atoms with E-state index in [2.05, 4.69) is 51.0 Å². The Kier molecular flexibility index (Phi) is 4.41. The van der Waals surface area contributed by atoms with E-state index < -0.39 is 0 Å². The average molecular weight is 323 g/mol. The van der Waals surface area contributed by atoms with Crippen molar-refractivity contribution in [1.29, 1.82) is 0 Å². The number of phenols is 1. The minimum absolute atomic E-state index is 0.307. The molecular weight excluding hydrogens is 310 g/mol. The third-order valence-electron chi connectivity index (χ3n) is 1.81. The highest BCUT2D eigenvalue weighted by atomic mass is 79.9. The summed E-state index contributed by atoms with van der Waals surface area (Å²) in [6, 6.07) is 4.15. The average Bonchev–Trinajstić information content (AvgIpc) is 2.08. The lowest BCUT2D eigenvalue weighted by atomic mass is 10.2. The number of phenolic OH excluding ortho intramolecular Hbond substituents is 1. The fourth-order valence-corrected chi connectivity index (χ4v) is 2.38. The molecule has 2 nitrogen and oxygen atoms in total. The maximum Gasteiger partial charge on any atom is 0.134 e. The summed E-state index contributed by atoms with van der Waals surface area (Å²) in [4.78, 5) is 0. The van der Waals surface area contributed by atoms with Crippen LogP contribution in [-0.2, 0) is 6.54 Å². The maximum atomic E-state index is 9.73. The standard InChI is InChI=1S/C10H13Br2NO/c1-6(2)13-5-7-3-8(11)4-9(12)10(7)14/h3-4,6,13-14H,5H2,1-2H3. The molecule has 0 aromatic heterocycles. The van der Waals surface area contributed by atoms with Crippen molar-refractivity contribution >= 4 is 31.9 Å². The van der Waals surface area contributed by atoms with Gasteiger partial charge < -0.3 is 10.4 Å². The highest BCUT2D eigenvalue weighted by Crippen LogP contribution is 2.31. The van der Waals surface area contributed by atoms with Crippen LogP contribution >= 0.6 is 31.9 Å². The summed E-state index contributed by atoms with van der Waals surface area (Å²) in [7, 11) is 0. The number of rotatable bonds is 3. The quantitative estimate of drug-likeness (QED) is 0.893. The minimum Gasteiger partial charge on any atom is -0.506 e. The lowest BCUT2D eigenvalue weighted by Gasteiger charge is -2.11. The first-order chi connectivity index (χ1) is 6.50. The second kappa shape index (κ2) is 5.14. The van der Waals surface area contributed by atoms with Crippen LogP contribution < -0.4 is 5.32 Å². The van der Waals surface area contributed by atoms with Crippen LogP contribution in [0.1, 0.15) is 19.4 Å². The van der Waals surface area contributed by atoms with E-state index in [0.29, 0.717) is 22.8 Å². The van der Waals surface area contributed by atoms with E-state index in [1.807, 2.05) is 12.1 Å². The van der Waals surface area contributed by atoms with Gasteiger partial charge in [0, 0.05) is 22.6 Å². The molecule has 0 aliphatic heterocycles. The first-order valence-electron chi connectivity index (χ1n) is 4.41. The molecule has 0 aliphatic carbocycles. The first kappa shape index (κ1) is 12.0. The number of hydrogen-bond donors (Lipinski definition) is 2. The van der Waals surface area contributed by atoms with Crippen molar-refractivity contribution < 1.29 is 5.11 Å². The molecule has 78 valence electrons. The Labute approximate surface area is 101 Å². The van der Waals surface area contributed by atoms with Crippen LogP contribution in [0.25, 0.3) is 0 Å². The van der Waals surface area contributed by atoms with E-state index in [-0.39, 0.29) is 0 Å². The van der Waals surface area contributed by atoms with Gasteiger partial charge in [0.2, 0.25) is 0 Å². The minimum atomic E-state index is 0.307. The molecule has 0 heterocycles. The van der Waals surface area contributed by atoms with Gasteiger partial charge in [0.1, 0.15) is 5.75 Å². The van der Waals surface area contributed by atoms with Crippen molar-refractivity contribution in [3.05, 3.63) is 26.6 Å². The second-order valence-corrected chi connectivity index (χ2v) is 5.20. The van der Waals surface area contributed by atoms with Crippen LogP contribution in [0, 0.1) is 0 Å². The van der Waals surface area contributed by atoms with Crippen LogP contribution in [0.5, 0.6) is 5.75 Å². The summed E-state index contributed by atoms with van der Waals surface area (Å²) >= 11 is 6.68. The molecule has 1 aromatic carbocycles. The van der Waals surface area contributed by atoms with Gasteiger partial charge in [0.25, 0.3) is 0 Å². The topological polar surface area (TPSA) is 32.3 Å². The molecule has 0 fully saturated rings. The number of hydrogen-bond acceptors (Lipinski definition) is 2. The summed E-state index contributed by atoms with van der Waals surface area (Å²) in [5.41, 5.74) is 0.889.